The number of aromatic nitrogens is 3. The molecule has 6 heteroatoms. The number of nitrogens with zero attached hydrogens (tertiary/aromatic N) is 5. The van der Waals surface area contributed by atoms with Gasteiger partial charge in [0.15, 0.2) is 0 Å². The molecule has 2 aromatic heterocycles. The van der Waals surface area contributed by atoms with E-state index in [2.05, 4.69) is 37.9 Å². The summed E-state index contributed by atoms with van der Waals surface area (Å²) in [6, 6.07) is 6.40. The minimum absolute atomic E-state index is 0.313. The van der Waals surface area contributed by atoms with Crippen LogP contribution in [0.15, 0.2) is 43.0 Å². The summed E-state index contributed by atoms with van der Waals surface area (Å²) in [7, 11) is 2.28. The second-order valence-electron chi connectivity index (χ2n) is 7.44. The first-order valence-corrected chi connectivity index (χ1v) is 9.48. The largest absolute Gasteiger partial charge is 0.375 e. The van der Waals surface area contributed by atoms with Crippen molar-refractivity contribution in [3.05, 3.63) is 48.5 Å². The molecule has 4 heterocycles. The predicted molar refractivity (Wildman–Crippen MR) is 101 cm³/mol. The van der Waals surface area contributed by atoms with Crippen molar-refractivity contribution in [3.8, 4) is 0 Å². The molecule has 2 aliphatic heterocycles. The van der Waals surface area contributed by atoms with Crippen LogP contribution >= 0.6 is 0 Å². The van der Waals surface area contributed by atoms with Crippen LogP contribution < -0.4 is 4.90 Å². The number of anilines is 1. The highest BCUT2D eigenvalue weighted by Gasteiger charge is 2.45. The number of likely N-dealkylation sites (N-methyl/N-ethyl adjacent to an activating group) is 1. The van der Waals surface area contributed by atoms with E-state index in [1.165, 1.54) is 25.7 Å². The zero-order chi connectivity index (χ0) is 17.8. The highest BCUT2D eigenvalue weighted by Crippen LogP contribution is 2.41. The number of rotatable bonds is 5. The van der Waals surface area contributed by atoms with Gasteiger partial charge >= 0.3 is 0 Å². The topological polar surface area (TPSA) is 54.4 Å². The van der Waals surface area contributed by atoms with Crippen LogP contribution in [0, 0.1) is 0 Å². The van der Waals surface area contributed by atoms with Gasteiger partial charge < -0.3 is 9.64 Å². The Labute approximate surface area is 155 Å². The average molecular weight is 353 g/mol. The summed E-state index contributed by atoms with van der Waals surface area (Å²) in [6.45, 7) is 3.48. The molecule has 1 spiro atoms. The lowest BCUT2D eigenvalue weighted by atomic mass is 9.85. The summed E-state index contributed by atoms with van der Waals surface area (Å²) >= 11 is 0. The van der Waals surface area contributed by atoms with Gasteiger partial charge in [0.1, 0.15) is 0 Å². The van der Waals surface area contributed by atoms with E-state index < -0.39 is 0 Å². The van der Waals surface area contributed by atoms with Crippen LogP contribution in [0.4, 0.5) is 5.95 Å². The van der Waals surface area contributed by atoms with Crippen LogP contribution in [-0.4, -0.2) is 58.2 Å². The first kappa shape index (κ1) is 17.4. The minimum Gasteiger partial charge on any atom is -0.375 e. The molecule has 0 radical (unpaired) electrons. The number of likely N-dealkylation sites (tertiary alicyclic amines) is 1. The van der Waals surface area contributed by atoms with Crippen molar-refractivity contribution < 1.29 is 4.74 Å². The average Bonchev–Trinajstić information content (AvgIpc) is 3.00. The number of pyridine rings is 1. The second-order valence-corrected chi connectivity index (χ2v) is 7.44. The van der Waals surface area contributed by atoms with Crippen molar-refractivity contribution in [2.75, 3.05) is 31.6 Å². The fourth-order valence-corrected chi connectivity index (χ4v) is 4.36. The molecule has 0 saturated carbocycles. The van der Waals surface area contributed by atoms with E-state index in [1.807, 2.05) is 30.7 Å². The van der Waals surface area contributed by atoms with Crippen molar-refractivity contribution in [2.45, 2.75) is 43.9 Å². The first-order chi connectivity index (χ1) is 12.8. The Kier molecular flexibility index (Phi) is 5.13. The molecule has 2 fully saturated rings. The molecule has 6 nitrogen and oxygen atoms in total. The lowest BCUT2D eigenvalue weighted by molar-refractivity contribution is 0.0352. The SMILES string of the molecule is CN1[C@@H](COCc2cccnc2)CCC12CCN(c1ncccn1)CC2. The predicted octanol–water partition coefficient (Wildman–Crippen LogP) is 2.52. The Bertz CT molecular complexity index is 688. The third-order valence-corrected chi connectivity index (χ3v) is 6.07. The fourth-order valence-electron chi connectivity index (χ4n) is 4.36. The molecular weight excluding hydrogens is 326 g/mol. The van der Waals surface area contributed by atoms with Crippen LogP contribution in [0.2, 0.25) is 0 Å². The van der Waals surface area contributed by atoms with Gasteiger partial charge in [0.25, 0.3) is 0 Å². The molecule has 2 aromatic rings. The standard InChI is InChI=1S/C20H27N5O/c1-24-18(16-26-15-17-4-2-9-21-14-17)5-6-20(24)7-12-25(13-8-20)19-22-10-3-11-23-19/h2-4,9-11,14,18H,5-8,12-13,15-16H2,1H3/t18-/m1/s1. The van der Waals surface area contributed by atoms with E-state index >= 15 is 0 Å². The quantitative estimate of drug-likeness (QED) is 0.823. The van der Waals surface area contributed by atoms with Gasteiger partial charge in [-0.15, -0.1) is 0 Å². The molecule has 2 aliphatic rings. The molecule has 0 aliphatic carbocycles. The van der Waals surface area contributed by atoms with E-state index in [9.17, 15) is 0 Å². The summed E-state index contributed by atoms with van der Waals surface area (Å²) in [6.07, 6.45) is 12.1. The van der Waals surface area contributed by atoms with Crippen LogP contribution in [0.1, 0.15) is 31.2 Å². The lowest BCUT2D eigenvalue weighted by Gasteiger charge is -2.45. The molecule has 26 heavy (non-hydrogen) atoms. The van der Waals surface area contributed by atoms with Crippen LogP contribution in [-0.2, 0) is 11.3 Å². The Balaban J connectivity index is 1.29. The molecule has 0 aromatic carbocycles. The Hall–Kier alpha value is -2.05. The van der Waals surface area contributed by atoms with Gasteiger partial charge in [0.2, 0.25) is 5.95 Å². The molecule has 0 bridgehead atoms. The maximum Gasteiger partial charge on any atom is 0.225 e. The van der Waals surface area contributed by atoms with Gasteiger partial charge in [-0.3, -0.25) is 9.88 Å². The van der Waals surface area contributed by atoms with Crippen molar-refractivity contribution >= 4 is 5.95 Å². The zero-order valence-corrected chi connectivity index (χ0v) is 15.4. The first-order valence-electron chi connectivity index (χ1n) is 9.48. The Morgan fingerprint density at radius 1 is 1.12 bits per heavy atom. The van der Waals surface area contributed by atoms with E-state index in [1.54, 1.807) is 6.20 Å². The molecule has 0 N–H and O–H groups in total. The molecule has 138 valence electrons. The molecule has 1 atom stereocenters. The highest BCUT2D eigenvalue weighted by atomic mass is 16.5. The van der Waals surface area contributed by atoms with E-state index in [-0.39, 0.29) is 0 Å². The van der Waals surface area contributed by atoms with Crippen molar-refractivity contribution in [2.24, 2.45) is 0 Å². The lowest BCUT2D eigenvalue weighted by Crippen LogP contribution is -2.53. The van der Waals surface area contributed by atoms with Crippen molar-refractivity contribution in [1.82, 2.24) is 19.9 Å². The molecule has 2 saturated heterocycles. The van der Waals surface area contributed by atoms with Gasteiger partial charge in [-0.25, -0.2) is 9.97 Å². The molecule has 4 rings (SSSR count). The molecular formula is C20H27N5O. The fraction of sp³-hybridized carbons (Fsp3) is 0.550. The van der Waals surface area contributed by atoms with E-state index in [0.29, 0.717) is 18.2 Å². The van der Waals surface area contributed by atoms with Crippen molar-refractivity contribution in [3.63, 3.8) is 0 Å². The third kappa shape index (κ3) is 3.57. The van der Waals surface area contributed by atoms with E-state index in [0.717, 1.165) is 31.2 Å². The number of hydrogen-bond acceptors (Lipinski definition) is 6. The number of hydrogen-bond donors (Lipinski definition) is 0. The summed E-state index contributed by atoms with van der Waals surface area (Å²) < 4.78 is 5.99. The highest BCUT2D eigenvalue weighted by molar-refractivity contribution is 5.30. The summed E-state index contributed by atoms with van der Waals surface area (Å²) in [4.78, 5) is 17.8. The maximum atomic E-state index is 5.99. The monoisotopic (exact) mass is 353 g/mol. The van der Waals surface area contributed by atoms with Gasteiger partial charge in [-0.05, 0) is 50.4 Å². The van der Waals surface area contributed by atoms with E-state index in [4.69, 9.17) is 4.74 Å². The number of ether oxygens (including phenoxy) is 1. The summed E-state index contributed by atoms with van der Waals surface area (Å²) in [5.74, 6) is 0.861. The second kappa shape index (κ2) is 7.68. The van der Waals surface area contributed by atoms with Gasteiger partial charge in [0, 0.05) is 49.5 Å². The Morgan fingerprint density at radius 2 is 1.92 bits per heavy atom. The smallest absolute Gasteiger partial charge is 0.225 e. The normalized spacial score (nSPS) is 22.8. The number of piperidine rings is 1. The summed E-state index contributed by atoms with van der Waals surface area (Å²) in [5.41, 5.74) is 1.45. The van der Waals surface area contributed by atoms with Crippen molar-refractivity contribution in [1.29, 1.82) is 0 Å². The van der Waals surface area contributed by atoms with Crippen LogP contribution in [0.3, 0.4) is 0 Å². The molecule has 0 unspecified atom stereocenters. The molecule has 0 amide bonds. The van der Waals surface area contributed by atoms with Gasteiger partial charge in [-0.2, -0.15) is 0 Å². The van der Waals surface area contributed by atoms with Crippen LogP contribution in [0.25, 0.3) is 0 Å². The van der Waals surface area contributed by atoms with Crippen LogP contribution in [0.5, 0.6) is 0 Å². The zero-order valence-electron chi connectivity index (χ0n) is 15.4. The third-order valence-electron chi connectivity index (χ3n) is 6.07. The van der Waals surface area contributed by atoms with Gasteiger partial charge in [0.05, 0.1) is 13.2 Å². The summed E-state index contributed by atoms with van der Waals surface area (Å²) in [5, 5.41) is 0. The maximum absolute atomic E-state index is 5.99. The minimum atomic E-state index is 0.313. The van der Waals surface area contributed by atoms with Gasteiger partial charge in [-0.1, -0.05) is 6.07 Å². The Morgan fingerprint density at radius 3 is 2.65 bits per heavy atom.